The maximum Gasteiger partial charge on any atom is 0.286 e. The predicted molar refractivity (Wildman–Crippen MR) is 61.9 cm³/mol. The molecule has 0 aliphatic carbocycles. The molecular weight excluding hydrogens is 211 g/mol. The van der Waals surface area contributed by atoms with Crippen LogP contribution in [0.3, 0.4) is 0 Å². The van der Waals surface area contributed by atoms with E-state index in [9.17, 15) is 8.42 Å². The third-order valence-corrected chi connectivity index (χ3v) is 3.95. The first-order valence-electron chi connectivity index (χ1n) is 4.89. The summed E-state index contributed by atoms with van der Waals surface area (Å²) < 4.78 is 23.5. The van der Waals surface area contributed by atoms with E-state index in [2.05, 4.69) is 0 Å². The third-order valence-electron chi connectivity index (χ3n) is 2.18. The van der Waals surface area contributed by atoms with Crippen LogP contribution in [0.2, 0.25) is 13.1 Å². The van der Waals surface area contributed by atoms with Crippen molar-refractivity contribution >= 4 is 16.8 Å². The van der Waals surface area contributed by atoms with Crippen LogP contribution in [-0.4, -0.2) is 26.1 Å². The number of sulfone groups is 1. The number of aryl methyl sites for hydroxylation is 1. The lowest BCUT2D eigenvalue weighted by molar-refractivity contribution is 0.573. The molecule has 0 fully saturated rings. The number of rotatable bonds is 4. The molecule has 1 aromatic rings. The highest BCUT2D eigenvalue weighted by Crippen LogP contribution is 2.13. The second-order valence-electron chi connectivity index (χ2n) is 3.77. The first-order valence-corrected chi connectivity index (χ1v) is 6.54. The summed E-state index contributed by atoms with van der Waals surface area (Å²) >= 11 is 0. The fraction of sp³-hybridized carbons (Fsp3) is 0.400. The first kappa shape index (κ1) is 12.3. The molecule has 5 heteroatoms. The van der Waals surface area contributed by atoms with Crippen molar-refractivity contribution in [1.29, 1.82) is 0 Å². The minimum absolute atomic E-state index is 0.00622. The van der Waals surface area contributed by atoms with E-state index < -0.39 is 16.8 Å². The average Bonchev–Trinajstić information content (AvgIpc) is 2.16. The van der Waals surface area contributed by atoms with Gasteiger partial charge in [-0.1, -0.05) is 24.5 Å². The molecule has 3 nitrogen and oxygen atoms in total. The predicted octanol–water partition coefficient (Wildman–Crippen LogP) is 1.38. The molecule has 0 saturated carbocycles. The van der Waals surface area contributed by atoms with Crippen LogP contribution in [0.25, 0.3) is 0 Å². The van der Waals surface area contributed by atoms with Crippen molar-refractivity contribution in [3.05, 3.63) is 29.8 Å². The van der Waals surface area contributed by atoms with E-state index in [0.717, 1.165) is 5.56 Å². The number of hydrogen-bond donors (Lipinski definition) is 1. The largest absolute Gasteiger partial charge is 0.451 e. The van der Waals surface area contributed by atoms with Gasteiger partial charge in [0.25, 0.3) is 6.92 Å². The van der Waals surface area contributed by atoms with Crippen molar-refractivity contribution in [3.63, 3.8) is 0 Å². The van der Waals surface area contributed by atoms with Crippen LogP contribution in [0, 0.1) is 6.92 Å². The van der Waals surface area contributed by atoms with E-state index in [1.807, 2.05) is 6.92 Å². The van der Waals surface area contributed by atoms with Gasteiger partial charge in [0, 0.05) is 0 Å². The van der Waals surface area contributed by atoms with Crippen LogP contribution in [-0.2, 0) is 9.84 Å². The standard InChI is InChI=1S/C10H15BO3S/c1-9-3-5-10(6-4-9)15(13,14)8-7-11(2)12/h3-6,12H,7-8H2,1-2H3. The summed E-state index contributed by atoms with van der Waals surface area (Å²) in [5, 5.41) is 9.04. The van der Waals surface area contributed by atoms with Crippen LogP contribution >= 0.6 is 0 Å². The third kappa shape index (κ3) is 3.68. The van der Waals surface area contributed by atoms with Gasteiger partial charge >= 0.3 is 0 Å². The highest BCUT2D eigenvalue weighted by molar-refractivity contribution is 7.91. The lowest BCUT2D eigenvalue weighted by atomic mass is 9.69. The Balaban J connectivity index is 2.82. The van der Waals surface area contributed by atoms with Crippen molar-refractivity contribution in [3.8, 4) is 0 Å². The lowest BCUT2D eigenvalue weighted by Crippen LogP contribution is -2.14. The Bertz CT molecular complexity index is 409. The van der Waals surface area contributed by atoms with E-state index in [0.29, 0.717) is 4.90 Å². The van der Waals surface area contributed by atoms with Gasteiger partial charge in [-0.15, -0.1) is 0 Å². The van der Waals surface area contributed by atoms with E-state index in [4.69, 9.17) is 5.02 Å². The summed E-state index contributed by atoms with van der Waals surface area (Å²) in [6, 6.07) is 6.75. The second kappa shape index (κ2) is 4.81. The van der Waals surface area contributed by atoms with Gasteiger partial charge < -0.3 is 5.02 Å². The van der Waals surface area contributed by atoms with Crippen molar-refractivity contribution in [2.24, 2.45) is 0 Å². The van der Waals surface area contributed by atoms with Crippen LogP contribution in [0.15, 0.2) is 29.2 Å². The van der Waals surface area contributed by atoms with E-state index >= 15 is 0 Å². The molecule has 0 aliphatic heterocycles. The molecular formula is C10H15BO3S. The maximum absolute atomic E-state index is 11.7. The monoisotopic (exact) mass is 226 g/mol. The van der Waals surface area contributed by atoms with Crippen LogP contribution < -0.4 is 0 Å². The van der Waals surface area contributed by atoms with Crippen molar-refractivity contribution in [2.45, 2.75) is 25.0 Å². The van der Waals surface area contributed by atoms with Gasteiger partial charge in [0.05, 0.1) is 10.6 Å². The van der Waals surface area contributed by atoms with Gasteiger partial charge in [-0.3, -0.25) is 0 Å². The molecule has 0 bridgehead atoms. The summed E-state index contributed by atoms with van der Waals surface area (Å²) in [4.78, 5) is 0.328. The van der Waals surface area contributed by atoms with Crippen molar-refractivity contribution in [1.82, 2.24) is 0 Å². The van der Waals surface area contributed by atoms with Crippen LogP contribution in [0.1, 0.15) is 5.56 Å². The topological polar surface area (TPSA) is 54.4 Å². The molecule has 1 N–H and O–H groups in total. The molecule has 0 heterocycles. The SMILES string of the molecule is CB(O)CCS(=O)(=O)c1ccc(C)cc1. The van der Waals surface area contributed by atoms with Crippen molar-refractivity contribution < 1.29 is 13.4 Å². The fourth-order valence-electron chi connectivity index (χ4n) is 1.19. The number of hydrogen-bond acceptors (Lipinski definition) is 3. The second-order valence-corrected chi connectivity index (χ2v) is 5.88. The molecule has 0 atom stereocenters. The lowest BCUT2D eigenvalue weighted by Gasteiger charge is -2.04. The summed E-state index contributed by atoms with van der Waals surface area (Å²) in [5.41, 5.74) is 1.03. The Kier molecular flexibility index (Phi) is 3.93. The molecule has 0 spiro atoms. The normalized spacial score (nSPS) is 11.4. The summed E-state index contributed by atoms with van der Waals surface area (Å²) in [6.07, 6.45) is 0.274. The molecule has 0 amide bonds. The minimum atomic E-state index is -3.23. The van der Waals surface area contributed by atoms with E-state index in [-0.39, 0.29) is 12.1 Å². The Morgan fingerprint density at radius 2 is 1.80 bits per heavy atom. The highest BCUT2D eigenvalue weighted by Gasteiger charge is 2.16. The zero-order valence-electron chi connectivity index (χ0n) is 8.97. The van der Waals surface area contributed by atoms with Crippen LogP contribution in [0.4, 0.5) is 0 Å². The Morgan fingerprint density at radius 3 is 2.27 bits per heavy atom. The van der Waals surface area contributed by atoms with Gasteiger partial charge in [0.15, 0.2) is 9.84 Å². The molecule has 0 radical (unpaired) electrons. The molecule has 0 aromatic heterocycles. The van der Waals surface area contributed by atoms with E-state index in [1.165, 1.54) is 0 Å². The highest BCUT2D eigenvalue weighted by atomic mass is 32.2. The summed E-state index contributed by atoms with van der Waals surface area (Å²) in [7, 11) is -3.23. The van der Waals surface area contributed by atoms with Gasteiger partial charge in [0.1, 0.15) is 0 Å². The van der Waals surface area contributed by atoms with Gasteiger partial charge in [-0.2, -0.15) is 0 Å². The van der Waals surface area contributed by atoms with Crippen molar-refractivity contribution in [2.75, 3.05) is 5.75 Å². The zero-order valence-corrected chi connectivity index (χ0v) is 9.79. The van der Waals surface area contributed by atoms with Gasteiger partial charge in [-0.05, 0) is 25.4 Å². The molecule has 1 aromatic carbocycles. The fourth-order valence-corrected chi connectivity index (χ4v) is 2.63. The average molecular weight is 226 g/mol. The molecule has 82 valence electrons. The quantitative estimate of drug-likeness (QED) is 0.789. The van der Waals surface area contributed by atoms with Gasteiger partial charge in [0.2, 0.25) is 0 Å². The molecule has 1 rings (SSSR count). The molecule has 0 aliphatic rings. The Labute approximate surface area is 91.2 Å². The smallest absolute Gasteiger partial charge is 0.286 e. The number of benzene rings is 1. The Morgan fingerprint density at radius 1 is 1.27 bits per heavy atom. The molecule has 0 unspecified atom stereocenters. The minimum Gasteiger partial charge on any atom is -0.451 e. The van der Waals surface area contributed by atoms with Crippen LogP contribution in [0.5, 0.6) is 0 Å². The summed E-state index contributed by atoms with van der Waals surface area (Å²) in [5.74, 6) is -0.00622. The first-order chi connectivity index (χ1) is 6.92. The van der Waals surface area contributed by atoms with Gasteiger partial charge in [-0.25, -0.2) is 8.42 Å². The maximum atomic E-state index is 11.7. The molecule has 15 heavy (non-hydrogen) atoms. The molecule has 0 saturated heterocycles. The Hall–Kier alpha value is -0.805. The van der Waals surface area contributed by atoms with E-state index in [1.54, 1.807) is 31.1 Å². The zero-order chi connectivity index (χ0) is 11.5. The summed E-state index contributed by atoms with van der Waals surface area (Å²) in [6.45, 7) is 2.92.